The number of anilines is 1. The van der Waals surface area contributed by atoms with E-state index in [0.29, 0.717) is 28.5 Å². The lowest BCUT2D eigenvalue weighted by Gasteiger charge is -2.20. The topological polar surface area (TPSA) is 120 Å². The molecule has 1 aliphatic rings. The lowest BCUT2D eigenvalue weighted by atomic mass is 10.1. The highest BCUT2D eigenvalue weighted by atomic mass is 32.2. The van der Waals surface area contributed by atoms with Crippen LogP contribution in [-0.2, 0) is 16.1 Å². The van der Waals surface area contributed by atoms with Gasteiger partial charge in [-0.3, -0.25) is 9.69 Å². The first-order valence-electron chi connectivity index (χ1n) is 13.6. The summed E-state index contributed by atoms with van der Waals surface area (Å²) in [5, 5.41) is 7.06. The van der Waals surface area contributed by atoms with E-state index in [2.05, 4.69) is 25.1 Å². The molecule has 1 saturated heterocycles. The molecule has 1 N–H and O–H groups in total. The lowest BCUT2D eigenvalue weighted by molar-refractivity contribution is -0.360. The number of aliphatic imine (C=N–C) groups is 1. The molecule has 11 nitrogen and oxygen atoms in total. The first kappa shape index (κ1) is 33.3. The number of nitrogens with zero attached hydrogens (tertiary/aromatic N) is 5. The second-order valence-corrected chi connectivity index (χ2v) is 10.8. The van der Waals surface area contributed by atoms with Crippen LogP contribution in [-0.4, -0.2) is 63.7 Å². The van der Waals surface area contributed by atoms with E-state index in [9.17, 15) is 31.5 Å². The number of carbonyl (C=O) groups is 2. The summed E-state index contributed by atoms with van der Waals surface area (Å²) < 4.78 is 79.3. The summed E-state index contributed by atoms with van der Waals surface area (Å²) >= 11 is 1.15. The van der Waals surface area contributed by atoms with Gasteiger partial charge in [0.1, 0.15) is 17.8 Å². The number of ether oxygens (including phenoxy) is 3. The summed E-state index contributed by atoms with van der Waals surface area (Å²) in [6, 6.07) is 15.9. The van der Waals surface area contributed by atoms with Crippen molar-refractivity contribution in [2.45, 2.75) is 25.8 Å². The van der Waals surface area contributed by atoms with Crippen LogP contribution < -0.4 is 19.7 Å². The molecule has 1 aromatic heterocycles. The molecule has 0 unspecified atom stereocenters. The lowest BCUT2D eigenvalue weighted by Crippen LogP contribution is -2.41. The van der Waals surface area contributed by atoms with Crippen LogP contribution in [0, 0.1) is 6.92 Å². The third kappa shape index (κ3) is 7.86. The van der Waals surface area contributed by atoms with Crippen molar-refractivity contribution in [3.63, 3.8) is 0 Å². The number of rotatable bonds is 10. The minimum absolute atomic E-state index is 0.135. The number of amidine groups is 1. The van der Waals surface area contributed by atoms with Gasteiger partial charge in [0.25, 0.3) is 0 Å². The molecular formula is C30H25F5N6O5S. The highest BCUT2D eigenvalue weighted by Gasteiger charge is 2.61. The number of hydrogen-bond donors (Lipinski definition) is 1. The van der Waals surface area contributed by atoms with Gasteiger partial charge >= 0.3 is 18.3 Å². The van der Waals surface area contributed by atoms with E-state index in [4.69, 9.17) is 9.47 Å². The van der Waals surface area contributed by atoms with E-state index in [-0.39, 0.29) is 30.2 Å². The Balaban J connectivity index is 1.16. The Bertz CT molecular complexity index is 1780. The molecule has 3 amide bonds. The number of methoxy groups -OCH3 is 1. The van der Waals surface area contributed by atoms with Gasteiger partial charge in [-0.1, -0.05) is 23.9 Å². The minimum Gasteiger partial charge on any atom is -0.473 e. The summed E-state index contributed by atoms with van der Waals surface area (Å²) in [5.41, 5.74) is 3.23. The van der Waals surface area contributed by atoms with E-state index < -0.39 is 24.1 Å². The third-order valence-corrected chi connectivity index (χ3v) is 7.41. The van der Waals surface area contributed by atoms with Gasteiger partial charge in [-0.15, -0.1) is 5.10 Å². The molecule has 1 fully saturated rings. The fourth-order valence-corrected chi connectivity index (χ4v) is 5.10. The van der Waals surface area contributed by atoms with Crippen LogP contribution in [0.5, 0.6) is 11.5 Å². The van der Waals surface area contributed by atoms with E-state index in [1.165, 1.54) is 28.0 Å². The van der Waals surface area contributed by atoms with Gasteiger partial charge in [-0.2, -0.15) is 26.9 Å². The zero-order valence-corrected chi connectivity index (χ0v) is 25.4. The smallest absolute Gasteiger partial charge is 0.473 e. The summed E-state index contributed by atoms with van der Waals surface area (Å²) in [7, 11) is 1.55. The Labute approximate surface area is 268 Å². The predicted octanol–water partition coefficient (Wildman–Crippen LogP) is 6.10. The quantitative estimate of drug-likeness (QED) is 0.158. The number of urea groups is 1. The molecule has 0 bridgehead atoms. The summed E-state index contributed by atoms with van der Waals surface area (Å²) in [4.78, 5) is 34.9. The molecule has 3 aromatic carbocycles. The van der Waals surface area contributed by atoms with E-state index in [0.717, 1.165) is 35.0 Å². The molecular weight excluding hydrogens is 651 g/mol. The highest BCUT2D eigenvalue weighted by Crippen LogP contribution is 2.37. The van der Waals surface area contributed by atoms with E-state index in [1.807, 2.05) is 25.1 Å². The van der Waals surface area contributed by atoms with Gasteiger partial charge < -0.3 is 19.5 Å². The van der Waals surface area contributed by atoms with Crippen molar-refractivity contribution in [3.8, 4) is 28.6 Å². The van der Waals surface area contributed by atoms with Crippen LogP contribution in [0.15, 0.2) is 78.0 Å². The number of alkyl halides is 5. The molecule has 4 aromatic rings. The van der Waals surface area contributed by atoms with Crippen molar-refractivity contribution in [2.75, 3.05) is 24.5 Å². The van der Waals surface area contributed by atoms with Gasteiger partial charge in [0.2, 0.25) is 5.91 Å². The first-order chi connectivity index (χ1) is 22.3. The average Bonchev–Trinajstić information content (AvgIpc) is 3.65. The summed E-state index contributed by atoms with van der Waals surface area (Å²) in [5.74, 6) is -0.0523. The maximum Gasteiger partial charge on any atom is 0.499 e. The number of carbonyl (C=O) groups excluding carboxylic acids is 2. The fourth-order valence-electron chi connectivity index (χ4n) is 4.24. The van der Waals surface area contributed by atoms with Crippen molar-refractivity contribution in [1.82, 2.24) is 20.1 Å². The standard InChI is InChI=1S/C30H25F5N6O5S/c1-18-3-4-20(14-44-2)24(13-18)41-25(42)15-47-28(41)38-27(43)37-17-45-22-9-5-19(6-10-22)26-36-16-40(39-26)21-7-11-23(12-8-21)46-30(34,35)29(31,32)33/h3-13,16H,14-15,17H2,1-2H3,(H,37,43)/b38-28-. The van der Waals surface area contributed by atoms with Crippen LogP contribution in [0.1, 0.15) is 11.1 Å². The Hall–Kier alpha value is -5.03. The second kappa shape index (κ2) is 13.8. The van der Waals surface area contributed by atoms with Crippen LogP contribution in [0.4, 0.5) is 32.4 Å². The number of amides is 3. The first-order valence-corrected chi connectivity index (χ1v) is 14.6. The summed E-state index contributed by atoms with van der Waals surface area (Å²) in [6.45, 7) is 1.96. The average molecular weight is 677 g/mol. The van der Waals surface area contributed by atoms with Gasteiger partial charge in [0.05, 0.1) is 23.7 Å². The summed E-state index contributed by atoms with van der Waals surface area (Å²) in [6.07, 6.45) is -9.85. The number of benzene rings is 3. The van der Waals surface area contributed by atoms with Gasteiger partial charge in [-0.25, -0.2) is 14.5 Å². The van der Waals surface area contributed by atoms with Crippen LogP contribution in [0.25, 0.3) is 17.1 Å². The zero-order valence-electron chi connectivity index (χ0n) is 24.6. The zero-order chi connectivity index (χ0) is 33.8. The Morgan fingerprint density at radius 2 is 1.72 bits per heavy atom. The van der Waals surface area contributed by atoms with Crippen LogP contribution in [0.3, 0.4) is 0 Å². The molecule has 17 heteroatoms. The number of hydrogen-bond acceptors (Lipinski definition) is 8. The largest absolute Gasteiger partial charge is 0.499 e. The molecule has 5 rings (SSSR count). The SMILES string of the molecule is COCc1ccc(C)cc1N1C(=O)CS/C1=N\C(=O)NCOc1ccc(-c2ncn(-c3ccc(OC(F)(F)C(F)(F)F)cc3)n2)cc1. The molecule has 2 heterocycles. The normalized spacial score (nSPS) is 14.5. The molecule has 246 valence electrons. The number of halogens is 5. The molecule has 0 spiro atoms. The second-order valence-electron chi connectivity index (χ2n) is 9.90. The maximum absolute atomic E-state index is 13.1. The Morgan fingerprint density at radius 3 is 2.40 bits per heavy atom. The minimum atomic E-state index is -5.85. The number of thioether (sulfide) groups is 1. The molecule has 0 atom stereocenters. The number of nitrogens with one attached hydrogen (secondary N) is 1. The van der Waals surface area contributed by atoms with E-state index in [1.54, 1.807) is 31.4 Å². The van der Waals surface area contributed by atoms with Crippen LogP contribution >= 0.6 is 11.8 Å². The molecule has 1 aliphatic heterocycles. The van der Waals surface area contributed by atoms with Crippen molar-refractivity contribution in [3.05, 3.63) is 84.2 Å². The fraction of sp³-hybridized carbons (Fsp3) is 0.233. The van der Waals surface area contributed by atoms with Gasteiger partial charge in [0.15, 0.2) is 17.7 Å². The van der Waals surface area contributed by atoms with Crippen molar-refractivity contribution in [1.29, 1.82) is 0 Å². The van der Waals surface area contributed by atoms with Gasteiger partial charge in [-0.05, 0) is 67.1 Å². The van der Waals surface area contributed by atoms with Crippen molar-refractivity contribution >= 4 is 34.6 Å². The molecule has 0 radical (unpaired) electrons. The maximum atomic E-state index is 13.1. The highest BCUT2D eigenvalue weighted by molar-refractivity contribution is 8.15. The van der Waals surface area contributed by atoms with E-state index >= 15 is 0 Å². The van der Waals surface area contributed by atoms with Crippen molar-refractivity contribution < 1.29 is 45.8 Å². The Morgan fingerprint density at radius 1 is 1.02 bits per heavy atom. The predicted molar refractivity (Wildman–Crippen MR) is 162 cm³/mol. The molecule has 0 aliphatic carbocycles. The number of aryl methyl sites for hydroxylation is 1. The van der Waals surface area contributed by atoms with Crippen molar-refractivity contribution in [2.24, 2.45) is 4.99 Å². The Kier molecular flexibility index (Phi) is 9.76. The molecule has 0 saturated carbocycles. The number of aromatic nitrogens is 3. The molecule has 47 heavy (non-hydrogen) atoms. The third-order valence-electron chi connectivity index (χ3n) is 6.49. The monoisotopic (exact) mass is 676 g/mol. The van der Waals surface area contributed by atoms with Crippen LogP contribution in [0.2, 0.25) is 0 Å². The van der Waals surface area contributed by atoms with Gasteiger partial charge in [0, 0.05) is 18.2 Å².